The first-order chi connectivity index (χ1) is 14.5. The van der Waals surface area contributed by atoms with Crippen LogP contribution in [0.2, 0.25) is 0 Å². The van der Waals surface area contributed by atoms with E-state index in [0.717, 1.165) is 26.8 Å². The average molecular weight is 400 g/mol. The van der Waals surface area contributed by atoms with Crippen molar-refractivity contribution in [2.75, 3.05) is 0 Å². The number of nitrogens with zero attached hydrogens (tertiary/aromatic N) is 4. The fourth-order valence-electron chi connectivity index (χ4n) is 4.12. The van der Waals surface area contributed by atoms with Gasteiger partial charge in [-0.2, -0.15) is 4.68 Å². The van der Waals surface area contributed by atoms with E-state index < -0.39 is 22.3 Å². The minimum Gasteiger partial charge on any atom is -0.258 e. The number of hydrogen-bond acceptors (Lipinski definition) is 4. The molecule has 0 aliphatic heterocycles. The zero-order chi connectivity index (χ0) is 21.0. The highest BCUT2D eigenvalue weighted by molar-refractivity contribution is 5.78. The smallest absolute Gasteiger partial charge is 0.258 e. The van der Waals surface area contributed by atoms with Crippen LogP contribution in [0.3, 0.4) is 0 Å². The zero-order valence-corrected chi connectivity index (χ0v) is 15.9. The molecule has 4 aromatic rings. The van der Waals surface area contributed by atoms with Crippen molar-refractivity contribution in [3.63, 3.8) is 0 Å². The van der Waals surface area contributed by atoms with E-state index in [2.05, 4.69) is 0 Å². The molecule has 0 fully saturated rings. The van der Waals surface area contributed by atoms with E-state index in [1.54, 1.807) is 0 Å². The molecule has 0 radical (unpaired) electrons. The fraction of sp³-hybridized carbons (Fsp3) is 0.0909. The number of benzene rings is 3. The summed E-state index contributed by atoms with van der Waals surface area (Å²) in [5, 5.41) is 11.0. The molecule has 8 nitrogen and oxygen atoms in total. The van der Waals surface area contributed by atoms with Crippen molar-refractivity contribution in [2.24, 2.45) is 7.05 Å². The van der Waals surface area contributed by atoms with Gasteiger partial charge in [-0.15, -0.1) is 0 Å². The van der Waals surface area contributed by atoms with Crippen LogP contribution in [0, 0.1) is 10.1 Å². The summed E-state index contributed by atoms with van der Waals surface area (Å²) in [5.41, 5.74) is 3.17. The minimum absolute atomic E-state index is 0.0896. The predicted octanol–water partition coefficient (Wildman–Crippen LogP) is 2.86. The lowest BCUT2D eigenvalue weighted by atomic mass is 10.1. The second-order valence-corrected chi connectivity index (χ2v) is 7.13. The summed E-state index contributed by atoms with van der Waals surface area (Å²) in [5.74, 6) is 0. The lowest BCUT2D eigenvalue weighted by Crippen LogP contribution is -2.30. The second-order valence-electron chi connectivity index (χ2n) is 7.13. The lowest BCUT2D eigenvalue weighted by molar-refractivity contribution is -0.384. The Hall–Kier alpha value is -4.20. The van der Waals surface area contributed by atoms with E-state index in [-0.39, 0.29) is 5.69 Å². The Bertz CT molecular complexity index is 1380. The molecule has 1 aliphatic carbocycles. The van der Waals surface area contributed by atoms with Crippen molar-refractivity contribution in [1.29, 1.82) is 0 Å². The largest absolute Gasteiger partial charge is 0.351 e. The summed E-state index contributed by atoms with van der Waals surface area (Å²) in [6.07, 6.45) is 0. The topological polar surface area (TPSA) is 92.1 Å². The minimum atomic E-state index is -0.518. The average Bonchev–Trinajstić information content (AvgIpc) is 3.20. The maximum absolute atomic E-state index is 13.2. The van der Waals surface area contributed by atoms with Crippen LogP contribution >= 0.6 is 0 Å². The fourth-order valence-corrected chi connectivity index (χ4v) is 4.12. The molecular formula is C22H16N4O4. The third-order valence-electron chi connectivity index (χ3n) is 5.52. The van der Waals surface area contributed by atoms with E-state index in [1.807, 2.05) is 48.5 Å². The van der Waals surface area contributed by atoms with Crippen LogP contribution in [0.1, 0.15) is 17.2 Å². The third kappa shape index (κ3) is 2.40. The first kappa shape index (κ1) is 17.9. The molecular weight excluding hydrogens is 384 g/mol. The van der Waals surface area contributed by atoms with Gasteiger partial charge in [0.1, 0.15) is 6.04 Å². The molecule has 0 amide bonds. The number of aromatic nitrogens is 3. The Morgan fingerprint density at radius 3 is 1.87 bits per heavy atom. The van der Waals surface area contributed by atoms with Crippen molar-refractivity contribution in [3.8, 4) is 16.8 Å². The van der Waals surface area contributed by atoms with Gasteiger partial charge in [0, 0.05) is 19.2 Å². The highest BCUT2D eigenvalue weighted by atomic mass is 16.6. The van der Waals surface area contributed by atoms with E-state index in [0.29, 0.717) is 5.69 Å². The van der Waals surface area contributed by atoms with Gasteiger partial charge in [0.05, 0.1) is 10.6 Å². The number of fused-ring (bicyclic) bond motifs is 3. The summed E-state index contributed by atoms with van der Waals surface area (Å²) in [4.78, 5) is 36.6. The maximum atomic E-state index is 13.2. The van der Waals surface area contributed by atoms with E-state index in [1.165, 1.54) is 40.7 Å². The maximum Gasteiger partial charge on any atom is 0.351 e. The zero-order valence-electron chi connectivity index (χ0n) is 15.9. The van der Waals surface area contributed by atoms with Gasteiger partial charge >= 0.3 is 11.4 Å². The standard InChI is InChI=1S/C22H16N4O4/c1-23-21(27)24(14-10-12-15(13-11-14)26(29)30)25(22(23)28)20-18-8-4-2-6-16(18)17-7-3-5-9-19(17)20/h2-13,20H,1H3. The van der Waals surface area contributed by atoms with Gasteiger partial charge in [-0.3, -0.25) is 10.1 Å². The Morgan fingerprint density at radius 1 is 0.800 bits per heavy atom. The quantitative estimate of drug-likeness (QED) is 0.344. The van der Waals surface area contributed by atoms with E-state index >= 15 is 0 Å². The van der Waals surface area contributed by atoms with Crippen LogP contribution in [-0.4, -0.2) is 18.9 Å². The Kier molecular flexibility index (Phi) is 3.82. The molecule has 0 N–H and O–H groups in total. The SMILES string of the molecule is Cn1c(=O)n(-c2ccc([N+](=O)[O-])cc2)n(C2c3ccccc3-c3ccccc32)c1=O. The molecule has 1 heterocycles. The predicted molar refractivity (Wildman–Crippen MR) is 111 cm³/mol. The van der Waals surface area contributed by atoms with Crippen LogP contribution in [0.5, 0.6) is 0 Å². The molecule has 0 spiro atoms. The van der Waals surface area contributed by atoms with Crippen molar-refractivity contribution < 1.29 is 4.92 Å². The normalized spacial score (nSPS) is 12.6. The number of non-ortho nitro benzene ring substituents is 1. The van der Waals surface area contributed by atoms with Gasteiger partial charge in [-0.1, -0.05) is 48.5 Å². The van der Waals surface area contributed by atoms with E-state index in [4.69, 9.17) is 0 Å². The van der Waals surface area contributed by atoms with Crippen LogP contribution in [0.25, 0.3) is 16.8 Å². The van der Waals surface area contributed by atoms with Crippen LogP contribution in [0.4, 0.5) is 5.69 Å². The molecule has 3 aromatic carbocycles. The lowest BCUT2D eigenvalue weighted by Gasteiger charge is -2.18. The molecule has 0 saturated heterocycles. The molecule has 0 unspecified atom stereocenters. The summed E-state index contributed by atoms with van der Waals surface area (Å²) >= 11 is 0. The van der Waals surface area contributed by atoms with Crippen molar-refractivity contribution in [1.82, 2.24) is 13.9 Å². The van der Waals surface area contributed by atoms with Crippen molar-refractivity contribution >= 4 is 5.69 Å². The number of nitro groups is 1. The van der Waals surface area contributed by atoms with Gasteiger partial charge < -0.3 is 0 Å². The van der Waals surface area contributed by atoms with Crippen LogP contribution < -0.4 is 11.4 Å². The van der Waals surface area contributed by atoms with Gasteiger partial charge in [-0.05, 0) is 34.4 Å². The van der Waals surface area contributed by atoms with Gasteiger partial charge in [-0.25, -0.2) is 18.8 Å². The number of hydrogen-bond donors (Lipinski definition) is 0. The van der Waals surface area contributed by atoms with Crippen molar-refractivity contribution in [3.05, 3.63) is 115 Å². The molecule has 0 atom stereocenters. The molecule has 0 saturated carbocycles. The number of rotatable bonds is 3. The molecule has 8 heteroatoms. The van der Waals surface area contributed by atoms with Crippen molar-refractivity contribution in [2.45, 2.75) is 6.04 Å². The molecule has 1 aromatic heterocycles. The van der Waals surface area contributed by atoms with Crippen LogP contribution in [-0.2, 0) is 7.05 Å². The van der Waals surface area contributed by atoms with E-state index in [9.17, 15) is 19.7 Å². The molecule has 30 heavy (non-hydrogen) atoms. The monoisotopic (exact) mass is 400 g/mol. The summed E-state index contributed by atoms with van der Waals surface area (Å²) < 4.78 is 3.76. The molecule has 0 bridgehead atoms. The highest BCUT2D eigenvalue weighted by Gasteiger charge is 2.33. The second kappa shape index (κ2) is 6.41. The number of nitro benzene ring substituents is 1. The first-order valence-corrected chi connectivity index (χ1v) is 9.32. The molecule has 1 aliphatic rings. The Labute approximate surface area is 170 Å². The van der Waals surface area contributed by atoms with Gasteiger partial charge in [0.15, 0.2) is 0 Å². The molecule has 5 rings (SSSR count). The molecule has 148 valence electrons. The first-order valence-electron chi connectivity index (χ1n) is 9.32. The third-order valence-corrected chi connectivity index (χ3v) is 5.52. The van der Waals surface area contributed by atoms with Crippen LogP contribution in [0.15, 0.2) is 82.4 Å². The Balaban J connectivity index is 1.81. The van der Waals surface area contributed by atoms with Gasteiger partial charge in [0.25, 0.3) is 5.69 Å². The summed E-state index contributed by atoms with van der Waals surface area (Å²) in [7, 11) is 1.43. The summed E-state index contributed by atoms with van der Waals surface area (Å²) in [6.45, 7) is 0. The summed E-state index contributed by atoms with van der Waals surface area (Å²) in [6, 6.07) is 20.7. The highest BCUT2D eigenvalue weighted by Crippen LogP contribution is 2.44. The van der Waals surface area contributed by atoms with Gasteiger partial charge in [0.2, 0.25) is 0 Å². The Morgan fingerprint density at radius 2 is 1.33 bits per heavy atom.